The molecule has 150 valence electrons. The van der Waals surface area contributed by atoms with Crippen LogP contribution in [-0.4, -0.2) is 50.0 Å². The van der Waals surface area contributed by atoms with Crippen molar-refractivity contribution >= 4 is 11.9 Å². The Kier molecular flexibility index (Phi) is 8.62. The van der Waals surface area contributed by atoms with Gasteiger partial charge in [0.1, 0.15) is 0 Å². The van der Waals surface area contributed by atoms with Crippen LogP contribution in [0.15, 0.2) is 29.3 Å². The molecule has 1 aromatic rings. The Morgan fingerprint density at radius 3 is 2.78 bits per heavy atom. The monoisotopic (exact) mass is 372 g/mol. The molecule has 0 aromatic heterocycles. The molecule has 1 aromatic carbocycles. The minimum Gasteiger partial charge on any atom is -0.357 e. The number of nitrogens with zero attached hydrogens (tertiary/aromatic N) is 2. The molecule has 1 fully saturated rings. The van der Waals surface area contributed by atoms with E-state index >= 15 is 0 Å². The number of benzene rings is 1. The lowest BCUT2D eigenvalue weighted by molar-refractivity contribution is 0.0827. The average Bonchev–Trinajstić information content (AvgIpc) is 2.68. The van der Waals surface area contributed by atoms with Crippen molar-refractivity contribution in [3.63, 3.8) is 0 Å². The molecule has 2 unspecified atom stereocenters. The summed E-state index contributed by atoms with van der Waals surface area (Å²) in [4.78, 5) is 18.5. The van der Waals surface area contributed by atoms with Gasteiger partial charge in [-0.15, -0.1) is 0 Å². The second-order valence-electron chi connectivity index (χ2n) is 7.69. The lowest BCUT2D eigenvalue weighted by Crippen LogP contribution is -2.45. The van der Waals surface area contributed by atoms with E-state index in [1.807, 2.05) is 18.2 Å². The zero-order valence-corrected chi connectivity index (χ0v) is 17.4. The molecule has 0 radical (unpaired) electrons. The normalized spacial score (nSPS) is 20.2. The minimum atomic E-state index is 0.0399. The zero-order valence-electron chi connectivity index (χ0n) is 17.4. The number of nitrogens with one attached hydrogen (secondary N) is 2. The molecule has 27 heavy (non-hydrogen) atoms. The van der Waals surface area contributed by atoms with Gasteiger partial charge in [0, 0.05) is 38.8 Å². The van der Waals surface area contributed by atoms with Crippen molar-refractivity contribution in [2.45, 2.75) is 58.4 Å². The van der Waals surface area contributed by atoms with E-state index in [0.717, 1.165) is 36.0 Å². The van der Waals surface area contributed by atoms with Crippen LogP contribution in [0.2, 0.25) is 0 Å². The molecular formula is C22H36N4O. The smallest absolute Gasteiger partial charge is 0.253 e. The van der Waals surface area contributed by atoms with Gasteiger partial charge in [-0.2, -0.15) is 0 Å². The quantitative estimate of drug-likeness (QED) is 0.569. The Morgan fingerprint density at radius 2 is 2.07 bits per heavy atom. The predicted octanol–water partition coefficient (Wildman–Crippen LogP) is 3.45. The van der Waals surface area contributed by atoms with Gasteiger partial charge in [-0.25, -0.2) is 0 Å². The van der Waals surface area contributed by atoms with Crippen LogP contribution in [0.3, 0.4) is 0 Å². The first-order valence-corrected chi connectivity index (χ1v) is 10.4. The van der Waals surface area contributed by atoms with Crippen LogP contribution in [0.4, 0.5) is 0 Å². The molecule has 2 rings (SSSR count). The first kappa shape index (κ1) is 21.3. The molecule has 0 heterocycles. The molecule has 2 atom stereocenters. The van der Waals surface area contributed by atoms with Gasteiger partial charge in [-0.3, -0.25) is 9.79 Å². The van der Waals surface area contributed by atoms with Crippen LogP contribution < -0.4 is 10.6 Å². The molecule has 0 saturated heterocycles. The van der Waals surface area contributed by atoms with Crippen LogP contribution in [0.25, 0.3) is 0 Å². The van der Waals surface area contributed by atoms with Gasteiger partial charge in [0.25, 0.3) is 5.91 Å². The van der Waals surface area contributed by atoms with E-state index in [9.17, 15) is 4.79 Å². The molecule has 1 aliphatic rings. The zero-order chi connectivity index (χ0) is 19.6. The van der Waals surface area contributed by atoms with E-state index < -0.39 is 0 Å². The first-order chi connectivity index (χ1) is 13.0. The van der Waals surface area contributed by atoms with E-state index in [0.29, 0.717) is 12.6 Å². The summed E-state index contributed by atoms with van der Waals surface area (Å²) in [6, 6.07) is 8.39. The largest absolute Gasteiger partial charge is 0.357 e. The Hall–Kier alpha value is -2.04. The fourth-order valence-electron chi connectivity index (χ4n) is 3.72. The summed E-state index contributed by atoms with van der Waals surface area (Å²) in [5.74, 6) is 1.80. The third-order valence-corrected chi connectivity index (χ3v) is 5.30. The van der Waals surface area contributed by atoms with E-state index in [1.54, 1.807) is 19.0 Å². The Labute approximate surface area is 164 Å². The number of hydrogen-bond acceptors (Lipinski definition) is 2. The topological polar surface area (TPSA) is 56.7 Å². The van der Waals surface area contributed by atoms with Crippen molar-refractivity contribution in [2.24, 2.45) is 10.9 Å². The van der Waals surface area contributed by atoms with Crippen molar-refractivity contribution < 1.29 is 4.79 Å². The lowest BCUT2D eigenvalue weighted by atomic mass is 9.84. The van der Waals surface area contributed by atoms with Gasteiger partial charge in [-0.1, -0.05) is 38.3 Å². The second kappa shape index (κ2) is 11.0. The summed E-state index contributed by atoms with van der Waals surface area (Å²) in [7, 11) is 3.56. The Bertz CT molecular complexity index is 626. The Balaban J connectivity index is 1.93. The summed E-state index contributed by atoms with van der Waals surface area (Å²) in [5.41, 5.74) is 1.88. The maximum absolute atomic E-state index is 12.1. The highest BCUT2D eigenvalue weighted by Crippen LogP contribution is 2.26. The molecule has 2 N–H and O–H groups in total. The number of rotatable bonds is 7. The summed E-state index contributed by atoms with van der Waals surface area (Å²) in [5, 5.41) is 7.00. The highest BCUT2D eigenvalue weighted by molar-refractivity contribution is 5.94. The third kappa shape index (κ3) is 6.89. The van der Waals surface area contributed by atoms with Gasteiger partial charge >= 0.3 is 0 Å². The van der Waals surface area contributed by atoms with E-state index in [1.165, 1.54) is 32.1 Å². The highest BCUT2D eigenvalue weighted by atomic mass is 16.2. The molecule has 1 aliphatic carbocycles. The van der Waals surface area contributed by atoms with Crippen LogP contribution >= 0.6 is 0 Å². The van der Waals surface area contributed by atoms with Gasteiger partial charge in [0.05, 0.1) is 0 Å². The first-order valence-electron chi connectivity index (χ1n) is 10.4. The van der Waals surface area contributed by atoms with Crippen LogP contribution in [-0.2, 0) is 6.42 Å². The van der Waals surface area contributed by atoms with Gasteiger partial charge in [0.2, 0.25) is 0 Å². The standard InChI is InChI=1S/C22H36N4O/c1-5-17-9-8-12-20(16-17)25-22(23-6-2)24-14-13-18-10-7-11-19(15-18)21(27)26(3)4/h7,10-11,15,17,20H,5-6,8-9,12-14,16H2,1-4H3,(H2,23,24,25). The van der Waals surface area contributed by atoms with Crippen LogP contribution in [0, 0.1) is 5.92 Å². The number of guanidine groups is 1. The summed E-state index contributed by atoms with van der Waals surface area (Å²) >= 11 is 0. The molecule has 5 heteroatoms. The Morgan fingerprint density at radius 1 is 1.26 bits per heavy atom. The summed E-state index contributed by atoms with van der Waals surface area (Å²) in [6.07, 6.45) is 7.25. The van der Waals surface area contributed by atoms with Gasteiger partial charge < -0.3 is 15.5 Å². The molecular weight excluding hydrogens is 336 g/mol. The third-order valence-electron chi connectivity index (χ3n) is 5.30. The predicted molar refractivity (Wildman–Crippen MR) is 113 cm³/mol. The number of amides is 1. The highest BCUT2D eigenvalue weighted by Gasteiger charge is 2.21. The maximum Gasteiger partial charge on any atom is 0.253 e. The lowest BCUT2D eigenvalue weighted by Gasteiger charge is -2.30. The molecule has 0 spiro atoms. The van der Waals surface area contributed by atoms with Crippen molar-refractivity contribution in [3.8, 4) is 0 Å². The van der Waals surface area contributed by atoms with Gasteiger partial charge in [-0.05, 0) is 49.8 Å². The second-order valence-corrected chi connectivity index (χ2v) is 7.69. The fourth-order valence-corrected chi connectivity index (χ4v) is 3.72. The number of hydrogen-bond donors (Lipinski definition) is 2. The molecule has 0 bridgehead atoms. The summed E-state index contributed by atoms with van der Waals surface area (Å²) < 4.78 is 0. The van der Waals surface area contributed by atoms with Gasteiger partial charge in [0.15, 0.2) is 5.96 Å². The van der Waals surface area contributed by atoms with Crippen LogP contribution in [0.5, 0.6) is 0 Å². The summed E-state index contributed by atoms with van der Waals surface area (Å²) in [6.45, 7) is 5.96. The molecule has 1 amide bonds. The maximum atomic E-state index is 12.1. The SMILES string of the molecule is CCNC(=NCCc1cccc(C(=O)N(C)C)c1)NC1CCCC(CC)C1. The van der Waals surface area contributed by atoms with Crippen molar-refractivity contribution in [2.75, 3.05) is 27.2 Å². The molecule has 5 nitrogen and oxygen atoms in total. The number of carbonyl (C=O) groups is 1. The number of aliphatic imine (C=N–C) groups is 1. The van der Waals surface area contributed by atoms with E-state index in [4.69, 9.17) is 4.99 Å². The van der Waals surface area contributed by atoms with Crippen LogP contribution in [0.1, 0.15) is 61.9 Å². The van der Waals surface area contributed by atoms with E-state index in [2.05, 4.69) is 30.5 Å². The van der Waals surface area contributed by atoms with Crippen molar-refractivity contribution in [3.05, 3.63) is 35.4 Å². The minimum absolute atomic E-state index is 0.0399. The number of carbonyl (C=O) groups excluding carboxylic acids is 1. The molecule has 0 aliphatic heterocycles. The fraction of sp³-hybridized carbons (Fsp3) is 0.636. The van der Waals surface area contributed by atoms with E-state index in [-0.39, 0.29) is 5.91 Å². The molecule has 1 saturated carbocycles. The van der Waals surface area contributed by atoms with Crippen molar-refractivity contribution in [1.82, 2.24) is 15.5 Å². The average molecular weight is 373 g/mol. The van der Waals surface area contributed by atoms with Crippen molar-refractivity contribution in [1.29, 1.82) is 0 Å².